The van der Waals surface area contributed by atoms with Gasteiger partial charge in [-0.15, -0.1) is 0 Å². The van der Waals surface area contributed by atoms with Crippen LogP contribution in [0.4, 0.5) is 8.78 Å². The van der Waals surface area contributed by atoms with Gasteiger partial charge in [0.15, 0.2) is 6.29 Å². The van der Waals surface area contributed by atoms with E-state index in [-0.39, 0.29) is 6.29 Å². The van der Waals surface area contributed by atoms with Gasteiger partial charge in [0.2, 0.25) is 0 Å². The quantitative estimate of drug-likeness (QED) is 0.741. The van der Waals surface area contributed by atoms with Crippen LogP contribution in [0.2, 0.25) is 0 Å². The third kappa shape index (κ3) is 2.38. The lowest BCUT2D eigenvalue weighted by Crippen LogP contribution is -2.00. The van der Waals surface area contributed by atoms with Crippen molar-refractivity contribution in [2.75, 3.05) is 0 Å². The lowest BCUT2D eigenvalue weighted by molar-refractivity contribution is 0.111. The molecule has 2 aromatic rings. The van der Waals surface area contributed by atoms with Crippen molar-refractivity contribution in [3.05, 3.63) is 70.8 Å². The fraction of sp³-hybridized carbons (Fsp3) is 0.0714. The minimum atomic E-state index is -0.825. The molecule has 0 N–H and O–H groups in total. The van der Waals surface area contributed by atoms with Gasteiger partial charge >= 0.3 is 0 Å². The summed E-state index contributed by atoms with van der Waals surface area (Å²) < 4.78 is 26.8. The van der Waals surface area contributed by atoms with Crippen LogP contribution in [-0.2, 0) is 6.42 Å². The first kappa shape index (κ1) is 11.5. The molecule has 0 bridgehead atoms. The highest BCUT2D eigenvalue weighted by Gasteiger charge is 2.12. The number of benzene rings is 2. The first-order chi connectivity index (χ1) is 8.22. The van der Waals surface area contributed by atoms with Crippen LogP contribution < -0.4 is 0 Å². The van der Waals surface area contributed by atoms with Crippen LogP contribution in [0, 0.1) is 11.6 Å². The second kappa shape index (κ2) is 4.87. The molecule has 3 heteroatoms. The molecule has 0 atom stereocenters. The average molecular weight is 232 g/mol. The highest BCUT2D eigenvalue weighted by Crippen LogP contribution is 2.18. The summed E-state index contributed by atoms with van der Waals surface area (Å²) in [6, 6.07) is 11.7. The summed E-state index contributed by atoms with van der Waals surface area (Å²) >= 11 is 0. The normalized spacial score (nSPS) is 10.2. The summed E-state index contributed by atoms with van der Waals surface area (Å²) in [6.07, 6.45) is 0.549. The van der Waals surface area contributed by atoms with E-state index in [1.165, 1.54) is 6.07 Å². The molecule has 0 aliphatic heterocycles. The van der Waals surface area contributed by atoms with Crippen molar-refractivity contribution >= 4 is 6.29 Å². The Kier molecular flexibility index (Phi) is 3.28. The molecule has 0 unspecified atom stereocenters. The molecule has 0 aliphatic carbocycles. The minimum absolute atomic E-state index is 0.207. The van der Waals surface area contributed by atoms with Gasteiger partial charge in [0.1, 0.15) is 11.6 Å². The van der Waals surface area contributed by atoms with E-state index < -0.39 is 17.2 Å². The van der Waals surface area contributed by atoms with Crippen LogP contribution in [0.5, 0.6) is 0 Å². The van der Waals surface area contributed by atoms with Crippen molar-refractivity contribution < 1.29 is 13.6 Å². The summed E-state index contributed by atoms with van der Waals surface area (Å²) in [5.41, 5.74) is 0.730. The van der Waals surface area contributed by atoms with Crippen molar-refractivity contribution in [1.82, 2.24) is 0 Å². The van der Waals surface area contributed by atoms with Gasteiger partial charge in [0.25, 0.3) is 0 Å². The van der Waals surface area contributed by atoms with Crippen molar-refractivity contribution in [3.63, 3.8) is 0 Å². The zero-order valence-electron chi connectivity index (χ0n) is 8.99. The lowest BCUT2D eigenvalue weighted by Gasteiger charge is -2.06. The maximum absolute atomic E-state index is 13.7. The first-order valence-corrected chi connectivity index (χ1v) is 5.18. The molecule has 0 radical (unpaired) electrons. The standard InChI is InChI=1S/C14H10F2O/c15-13-7-6-11(14(16)12(13)9-17)8-10-4-2-1-3-5-10/h1-7,9H,8H2. The van der Waals surface area contributed by atoms with Crippen LogP contribution in [0.3, 0.4) is 0 Å². The molecule has 2 aromatic carbocycles. The van der Waals surface area contributed by atoms with Gasteiger partial charge in [0, 0.05) is 6.42 Å². The maximum Gasteiger partial charge on any atom is 0.155 e. The number of rotatable bonds is 3. The summed E-state index contributed by atoms with van der Waals surface area (Å²) in [5.74, 6) is -1.60. The Balaban J connectivity index is 2.37. The maximum atomic E-state index is 13.7. The summed E-state index contributed by atoms with van der Waals surface area (Å²) in [6.45, 7) is 0. The van der Waals surface area contributed by atoms with Crippen molar-refractivity contribution in [2.45, 2.75) is 6.42 Å². The number of aldehydes is 1. The smallest absolute Gasteiger partial charge is 0.155 e. The number of carbonyl (C=O) groups is 1. The van der Waals surface area contributed by atoms with Crippen molar-refractivity contribution in [1.29, 1.82) is 0 Å². The molecule has 0 saturated heterocycles. The van der Waals surface area contributed by atoms with Gasteiger partial charge in [0.05, 0.1) is 5.56 Å². The van der Waals surface area contributed by atoms with Crippen LogP contribution in [0.25, 0.3) is 0 Å². The Bertz CT molecular complexity index is 535. The highest BCUT2D eigenvalue weighted by atomic mass is 19.1. The van der Waals surface area contributed by atoms with E-state index in [1.807, 2.05) is 30.3 Å². The molecule has 2 rings (SSSR count). The van der Waals surface area contributed by atoms with Crippen LogP contribution in [-0.4, -0.2) is 6.29 Å². The third-order valence-electron chi connectivity index (χ3n) is 2.56. The molecule has 0 saturated carbocycles. The van der Waals surface area contributed by atoms with Crippen LogP contribution >= 0.6 is 0 Å². The molecule has 0 aliphatic rings. The fourth-order valence-electron chi connectivity index (χ4n) is 1.67. The monoisotopic (exact) mass is 232 g/mol. The molecular weight excluding hydrogens is 222 g/mol. The summed E-state index contributed by atoms with van der Waals surface area (Å²) in [4.78, 5) is 10.6. The zero-order valence-corrected chi connectivity index (χ0v) is 8.99. The van der Waals surface area contributed by atoms with Gasteiger partial charge in [-0.2, -0.15) is 0 Å². The largest absolute Gasteiger partial charge is 0.298 e. The van der Waals surface area contributed by atoms with E-state index in [1.54, 1.807) is 0 Å². The van der Waals surface area contributed by atoms with E-state index >= 15 is 0 Å². The molecule has 17 heavy (non-hydrogen) atoms. The second-order valence-electron chi connectivity index (χ2n) is 3.71. The topological polar surface area (TPSA) is 17.1 Å². The Labute approximate surface area is 97.7 Å². The van der Waals surface area contributed by atoms with Crippen LogP contribution in [0.1, 0.15) is 21.5 Å². The Morgan fingerprint density at radius 3 is 2.35 bits per heavy atom. The summed E-state index contributed by atoms with van der Waals surface area (Å²) in [7, 11) is 0. The van der Waals surface area contributed by atoms with Gasteiger partial charge in [-0.25, -0.2) is 8.78 Å². The van der Waals surface area contributed by atoms with Gasteiger partial charge in [-0.1, -0.05) is 36.4 Å². The van der Waals surface area contributed by atoms with E-state index in [9.17, 15) is 13.6 Å². The Hall–Kier alpha value is -2.03. The zero-order chi connectivity index (χ0) is 12.3. The molecule has 0 aromatic heterocycles. The SMILES string of the molecule is O=Cc1c(F)ccc(Cc2ccccc2)c1F. The number of carbonyl (C=O) groups excluding carboxylic acids is 1. The van der Waals surface area contributed by atoms with E-state index in [0.717, 1.165) is 11.6 Å². The van der Waals surface area contributed by atoms with Crippen molar-refractivity contribution in [3.8, 4) is 0 Å². The van der Waals surface area contributed by atoms with Crippen molar-refractivity contribution in [2.24, 2.45) is 0 Å². The first-order valence-electron chi connectivity index (χ1n) is 5.18. The molecule has 0 spiro atoms. The molecule has 0 fully saturated rings. The molecule has 0 amide bonds. The van der Waals surface area contributed by atoms with E-state index in [4.69, 9.17) is 0 Å². The molecule has 86 valence electrons. The predicted molar refractivity (Wildman–Crippen MR) is 61.0 cm³/mol. The Morgan fingerprint density at radius 2 is 1.71 bits per heavy atom. The fourth-order valence-corrected chi connectivity index (χ4v) is 1.67. The second-order valence-corrected chi connectivity index (χ2v) is 3.71. The molecule has 1 nitrogen and oxygen atoms in total. The van der Waals surface area contributed by atoms with E-state index in [2.05, 4.69) is 0 Å². The predicted octanol–water partition coefficient (Wildman–Crippen LogP) is 3.37. The summed E-state index contributed by atoms with van der Waals surface area (Å²) in [5, 5.41) is 0. The van der Waals surface area contributed by atoms with E-state index in [0.29, 0.717) is 12.0 Å². The average Bonchev–Trinajstić information content (AvgIpc) is 2.35. The van der Waals surface area contributed by atoms with Gasteiger partial charge in [-0.3, -0.25) is 4.79 Å². The van der Waals surface area contributed by atoms with Crippen LogP contribution in [0.15, 0.2) is 42.5 Å². The van der Waals surface area contributed by atoms with Gasteiger partial charge < -0.3 is 0 Å². The Morgan fingerprint density at radius 1 is 1.00 bits per heavy atom. The molecular formula is C14H10F2O. The number of halogens is 2. The minimum Gasteiger partial charge on any atom is -0.298 e. The number of hydrogen-bond acceptors (Lipinski definition) is 1. The number of hydrogen-bond donors (Lipinski definition) is 0. The third-order valence-corrected chi connectivity index (χ3v) is 2.56. The highest BCUT2D eigenvalue weighted by molar-refractivity contribution is 5.76. The molecule has 0 heterocycles. The van der Waals surface area contributed by atoms with Gasteiger partial charge in [-0.05, 0) is 17.2 Å². The lowest BCUT2D eigenvalue weighted by atomic mass is 10.0.